The zero-order valence-corrected chi connectivity index (χ0v) is 21.6. The van der Waals surface area contributed by atoms with Gasteiger partial charge in [-0.2, -0.15) is 0 Å². The second-order valence-electron chi connectivity index (χ2n) is 10.3. The molecule has 0 saturated heterocycles. The molecule has 3 amide bonds. The van der Waals surface area contributed by atoms with Crippen molar-refractivity contribution in [2.45, 2.75) is 58.3 Å². The number of ether oxygens (including phenoxy) is 1. The minimum atomic E-state index is -1.18. The minimum absolute atomic E-state index is 0.00674. The van der Waals surface area contributed by atoms with Gasteiger partial charge in [-0.15, -0.1) is 5.06 Å². The molecule has 192 valence electrons. The zero-order valence-electron chi connectivity index (χ0n) is 21.6. The van der Waals surface area contributed by atoms with E-state index in [1.807, 2.05) is 84.9 Å². The highest BCUT2D eigenvalue weighted by Crippen LogP contribution is 2.44. The second kappa shape index (κ2) is 10.6. The van der Waals surface area contributed by atoms with Gasteiger partial charge in [0.2, 0.25) is 5.91 Å². The molecule has 37 heavy (non-hydrogen) atoms. The number of carbonyl (C=O) groups excluding carboxylic acids is 3. The van der Waals surface area contributed by atoms with Crippen LogP contribution < -0.4 is 4.90 Å². The quantitative estimate of drug-likeness (QED) is 0.385. The molecule has 1 atom stereocenters. The molecule has 1 aliphatic heterocycles. The number of amides is 3. The molecule has 7 heteroatoms. The topological polar surface area (TPSA) is 76.1 Å². The maximum atomic E-state index is 13.8. The van der Waals surface area contributed by atoms with Gasteiger partial charge in [-0.25, -0.2) is 4.79 Å². The third kappa shape index (κ3) is 5.89. The highest BCUT2D eigenvalue weighted by atomic mass is 16.7. The van der Waals surface area contributed by atoms with Gasteiger partial charge >= 0.3 is 6.09 Å². The van der Waals surface area contributed by atoms with Crippen molar-refractivity contribution in [3.05, 3.63) is 102 Å². The number of para-hydroxylation sites is 1. The van der Waals surface area contributed by atoms with Gasteiger partial charge in [0.15, 0.2) is 0 Å². The Hall–Kier alpha value is -3.97. The Morgan fingerprint density at radius 1 is 0.865 bits per heavy atom. The van der Waals surface area contributed by atoms with Crippen LogP contribution in [0.3, 0.4) is 0 Å². The van der Waals surface area contributed by atoms with E-state index in [0.717, 1.165) is 22.4 Å². The van der Waals surface area contributed by atoms with Crippen LogP contribution in [0.2, 0.25) is 0 Å². The lowest BCUT2D eigenvalue weighted by Crippen LogP contribution is -2.46. The third-order valence-electron chi connectivity index (χ3n) is 6.18. The maximum absolute atomic E-state index is 13.8. The molecule has 7 nitrogen and oxygen atoms in total. The van der Waals surface area contributed by atoms with Gasteiger partial charge in [-0.3, -0.25) is 14.4 Å². The molecule has 1 aliphatic rings. The van der Waals surface area contributed by atoms with E-state index in [1.165, 1.54) is 0 Å². The predicted molar refractivity (Wildman–Crippen MR) is 140 cm³/mol. The van der Waals surface area contributed by atoms with Gasteiger partial charge in [0.25, 0.3) is 5.91 Å². The van der Waals surface area contributed by atoms with Crippen LogP contribution in [0.25, 0.3) is 0 Å². The molecule has 0 N–H and O–H groups in total. The highest BCUT2D eigenvalue weighted by Gasteiger charge is 2.49. The molecular weight excluding hydrogens is 468 g/mol. The molecule has 0 aliphatic carbocycles. The number of anilines is 1. The van der Waals surface area contributed by atoms with Crippen LogP contribution in [0.5, 0.6) is 0 Å². The molecule has 0 fully saturated rings. The average Bonchev–Trinajstić information content (AvgIpc) is 3.06. The Balaban J connectivity index is 1.60. The maximum Gasteiger partial charge on any atom is 0.442 e. The first kappa shape index (κ1) is 26.1. The van der Waals surface area contributed by atoms with E-state index in [1.54, 1.807) is 32.6 Å². The van der Waals surface area contributed by atoms with E-state index in [0.29, 0.717) is 11.6 Å². The van der Waals surface area contributed by atoms with E-state index >= 15 is 0 Å². The smallest absolute Gasteiger partial charge is 0.442 e. The second-order valence-corrected chi connectivity index (χ2v) is 10.3. The van der Waals surface area contributed by atoms with E-state index in [9.17, 15) is 14.4 Å². The Bertz CT molecular complexity index is 1270. The number of hydroxylamine groups is 2. The fraction of sp³-hybridized carbons (Fsp3) is 0.300. The van der Waals surface area contributed by atoms with Gasteiger partial charge in [0, 0.05) is 12.1 Å². The molecule has 0 bridgehead atoms. The number of nitrogens with zero attached hydrogens (tertiary/aromatic N) is 2. The van der Waals surface area contributed by atoms with Crippen LogP contribution >= 0.6 is 0 Å². The van der Waals surface area contributed by atoms with Crippen LogP contribution in [0.15, 0.2) is 84.9 Å². The van der Waals surface area contributed by atoms with Gasteiger partial charge in [-0.1, -0.05) is 78.9 Å². The van der Waals surface area contributed by atoms with Crippen molar-refractivity contribution < 1.29 is 24.0 Å². The van der Waals surface area contributed by atoms with Crippen LogP contribution in [-0.2, 0) is 37.7 Å². The Morgan fingerprint density at radius 3 is 2.05 bits per heavy atom. The van der Waals surface area contributed by atoms with Crippen molar-refractivity contribution in [3.63, 3.8) is 0 Å². The molecule has 3 aromatic rings. The summed E-state index contributed by atoms with van der Waals surface area (Å²) in [6.07, 6.45) is -1.18. The molecule has 4 rings (SSSR count). The van der Waals surface area contributed by atoms with Gasteiger partial charge in [0.1, 0.15) is 12.2 Å². The summed E-state index contributed by atoms with van der Waals surface area (Å²) in [5.74, 6) is -0.865. The summed E-state index contributed by atoms with van der Waals surface area (Å²) in [4.78, 5) is 47.8. The fourth-order valence-electron chi connectivity index (χ4n) is 4.41. The SMILES string of the molecule is CC(C)(C)OC(=O)N(OCc1ccccc1)C(=O)CC1(C)C(=O)N(Cc2ccccc2)c2ccccc21. The number of hydrogen-bond donors (Lipinski definition) is 0. The fourth-order valence-corrected chi connectivity index (χ4v) is 4.41. The van der Waals surface area contributed by atoms with Crippen molar-refractivity contribution in [1.82, 2.24) is 5.06 Å². The number of fused-ring (bicyclic) bond motifs is 1. The predicted octanol–water partition coefficient (Wildman–Crippen LogP) is 5.78. The first-order valence-corrected chi connectivity index (χ1v) is 12.3. The first-order chi connectivity index (χ1) is 17.6. The molecule has 0 radical (unpaired) electrons. The summed E-state index contributed by atoms with van der Waals surface area (Å²) >= 11 is 0. The number of carbonyl (C=O) groups is 3. The summed E-state index contributed by atoms with van der Waals surface area (Å²) in [5, 5.41) is 0.652. The number of hydrogen-bond acceptors (Lipinski definition) is 5. The van der Waals surface area contributed by atoms with Crippen molar-refractivity contribution in [3.8, 4) is 0 Å². The largest absolute Gasteiger partial charge is 0.442 e. The van der Waals surface area contributed by atoms with Crippen LogP contribution in [-0.4, -0.2) is 28.6 Å². The van der Waals surface area contributed by atoms with E-state index in [4.69, 9.17) is 9.57 Å². The van der Waals surface area contributed by atoms with Gasteiger partial charge in [-0.05, 0) is 50.5 Å². The number of benzene rings is 3. The third-order valence-corrected chi connectivity index (χ3v) is 6.18. The van der Waals surface area contributed by atoms with Crippen molar-refractivity contribution in [1.29, 1.82) is 0 Å². The van der Waals surface area contributed by atoms with Gasteiger partial charge < -0.3 is 9.64 Å². The molecule has 0 aromatic heterocycles. The summed E-state index contributed by atoms with van der Waals surface area (Å²) in [6, 6.07) is 26.3. The Kier molecular flexibility index (Phi) is 7.45. The summed E-state index contributed by atoms with van der Waals surface area (Å²) in [7, 11) is 0. The summed E-state index contributed by atoms with van der Waals surface area (Å²) in [5.41, 5.74) is 1.22. The van der Waals surface area contributed by atoms with Crippen LogP contribution in [0.4, 0.5) is 10.5 Å². The van der Waals surface area contributed by atoms with E-state index in [-0.39, 0.29) is 18.9 Å². The lowest BCUT2D eigenvalue weighted by molar-refractivity contribution is -0.184. The molecule has 1 unspecified atom stereocenters. The van der Waals surface area contributed by atoms with Crippen molar-refractivity contribution in [2.24, 2.45) is 0 Å². The monoisotopic (exact) mass is 500 g/mol. The number of imide groups is 1. The van der Waals surface area contributed by atoms with Crippen molar-refractivity contribution >= 4 is 23.6 Å². The van der Waals surface area contributed by atoms with Gasteiger partial charge in [0.05, 0.1) is 12.0 Å². The minimum Gasteiger partial charge on any atom is -0.442 e. The van der Waals surface area contributed by atoms with E-state index in [2.05, 4.69) is 0 Å². The molecule has 3 aromatic carbocycles. The summed E-state index contributed by atoms with van der Waals surface area (Å²) < 4.78 is 5.45. The van der Waals surface area contributed by atoms with Crippen LogP contribution in [0.1, 0.15) is 50.8 Å². The molecule has 1 heterocycles. The lowest BCUT2D eigenvalue weighted by atomic mass is 9.80. The Labute approximate surface area is 217 Å². The highest BCUT2D eigenvalue weighted by molar-refractivity contribution is 6.10. The van der Waals surface area contributed by atoms with E-state index < -0.39 is 23.0 Å². The van der Waals surface area contributed by atoms with Crippen molar-refractivity contribution in [2.75, 3.05) is 4.90 Å². The first-order valence-electron chi connectivity index (χ1n) is 12.3. The molecule has 0 saturated carbocycles. The molecule has 0 spiro atoms. The Morgan fingerprint density at radius 2 is 1.43 bits per heavy atom. The normalized spacial score (nSPS) is 16.9. The zero-order chi connectivity index (χ0) is 26.6. The average molecular weight is 501 g/mol. The standard InChI is InChI=1S/C30H32N2O5/c1-29(2,3)37-28(35)32(36-21-23-15-9-6-10-16-23)26(33)19-30(4)24-17-11-12-18-25(24)31(27(30)34)20-22-13-7-5-8-14-22/h5-18H,19-21H2,1-4H3. The summed E-state index contributed by atoms with van der Waals surface area (Å²) in [6.45, 7) is 7.24. The van der Waals surface area contributed by atoms with Crippen LogP contribution in [0, 0.1) is 0 Å². The number of rotatable bonds is 7. The lowest BCUT2D eigenvalue weighted by Gasteiger charge is -2.29. The molecular formula is C30H32N2O5.